The summed E-state index contributed by atoms with van der Waals surface area (Å²) in [6, 6.07) is 3.74. The van der Waals surface area contributed by atoms with Crippen molar-refractivity contribution in [3.8, 4) is 5.82 Å². The van der Waals surface area contributed by atoms with Gasteiger partial charge in [-0.3, -0.25) is 9.59 Å². The molecule has 24 heavy (non-hydrogen) atoms. The fourth-order valence-corrected chi connectivity index (χ4v) is 2.82. The number of amides is 1. The van der Waals surface area contributed by atoms with E-state index in [1.807, 2.05) is 19.1 Å². The van der Waals surface area contributed by atoms with E-state index >= 15 is 0 Å². The third kappa shape index (κ3) is 3.41. The molecule has 0 aliphatic heterocycles. The van der Waals surface area contributed by atoms with Crippen LogP contribution in [-0.4, -0.2) is 31.7 Å². The lowest BCUT2D eigenvalue weighted by atomic mass is 9.74. The molecule has 1 aliphatic rings. The van der Waals surface area contributed by atoms with Crippen molar-refractivity contribution in [1.29, 1.82) is 0 Å². The van der Waals surface area contributed by atoms with Crippen LogP contribution in [0.2, 0.25) is 5.02 Å². The number of rotatable bonds is 5. The lowest BCUT2D eigenvalue weighted by Gasteiger charge is -2.31. The maximum absolute atomic E-state index is 12.1. The molecule has 0 bridgehead atoms. The van der Waals surface area contributed by atoms with E-state index in [0.29, 0.717) is 30.2 Å². The van der Waals surface area contributed by atoms with Gasteiger partial charge in [-0.25, -0.2) is 9.67 Å². The Morgan fingerprint density at radius 2 is 2.12 bits per heavy atom. The molecule has 0 spiro atoms. The molecule has 1 amide bonds. The number of aliphatic carboxylic acids is 1. The highest BCUT2D eigenvalue weighted by molar-refractivity contribution is 6.30. The SMILES string of the molecule is Cc1ccc(CNC(=O)C2CC(C(=O)O)C2)c(-n2cc(Cl)cn2)n1. The van der Waals surface area contributed by atoms with Crippen LogP contribution >= 0.6 is 11.6 Å². The number of carbonyl (C=O) groups excluding carboxylic acids is 1. The van der Waals surface area contributed by atoms with Crippen molar-refractivity contribution in [3.05, 3.63) is 40.8 Å². The predicted octanol–water partition coefficient (Wildman–Crippen LogP) is 1.96. The molecule has 3 rings (SSSR count). The Kier molecular flexibility index (Phi) is 4.53. The Morgan fingerprint density at radius 1 is 1.38 bits per heavy atom. The lowest BCUT2D eigenvalue weighted by molar-refractivity contribution is -0.148. The van der Waals surface area contributed by atoms with Crippen LogP contribution in [-0.2, 0) is 16.1 Å². The number of aryl methyl sites for hydroxylation is 1. The molecule has 0 saturated heterocycles. The molecule has 1 aliphatic carbocycles. The summed E-state index contributed by atoms with van der Waals surface area (Å²) in [5, 5.41) is 16.4. The molecule has 2 aromatic heterocycles. The maximum Gasteiger partial charge on any atom is 0.306 e. The van der Waals surface area contributed by atoms with E-state index in [1.54, 1.807) is 10.9 Å². The first-order valence-electron chi connectivity index (χ1n) is 7.61. The standard InChI is InChI=1S/C16H17ClN4O3/c1-9-2-3-10(14(20-9)21-8-13(17)7-19-21)6-18-15(22)11-4-12(5-11)16(23)24/h2-3,7-8,11-12H,4-6H2,1H3,(H,18,22)(H,23,24). The fraction of sp³-hybridized carbons (Fsp3) is 0.375. The quantitative estimate of drug-likeness (QED) is 0.860. The fourth-order valence-electron chi connectivity index (χ4n) is 2.69. The third-order valence-corrected chi connectivity index (χ3v) is 4.37. The molecule has 126 valence electrons. The maximum atomic E-state index is 12.1. The second-order valence-corrected chi connectivity index (χ2v) is 6.40. The number of nitrogens with one attached hydrogen (secondary N) is 1. The number of carboxylic acids is 1. The summed E-state index contributed by atoms with van der Waals surface area (Å²) >= 11 is 5.91. The summed E-state index contributed by atoms with van der Waals surface area (Å²) in [6.45, 7) is 2.17. The van der Waals surface area contributed by atoms with Gasteiger partial charge >= 0.3 is 5.97 Å². The van der Waals surface area contributed by atoms with Crippen LogP contribution in [0.15, 0.2) is 24.5 Å². The van der Waals surface area contributed by atoms with Crippen molar-refractivity contribution >= 4 is 23.5 Å². The van der Waals surface area contributed by atoms with Crippen molar-refractivity contribution < 1.29 is 14.7 Å². The van der Waals surface area contributed by atoms with Gasteiger partial charge in [0.25, 0.3) is 0 Å². The summed E-state index contributed by atoms with van der Waals surface area (Å²) in [6.07, 6.45) is 3.97. The zero-order valence-corrected chi connectivity index (χ0v) is 13.8. The van der Waals surface area contributed by atoms with E-state index in [-0.39, 0.29) is 11.8 Å². The zero-order valence-electron chi connectivity index (χ0n) is 13.1. The largest absolute Gasteiger partial charge is 0.481 e. The van der Waals surface area contributed by atoms with Crippen molar-refractivity contribution in [3.63, 3.8) is 0 Å². The van der Waals surface area contributed by atoms with E-state index < -0.39 is 11.9 Å². The van der Waals surface area contributed by atoms with Crippen LogP contribution in [0.1, 0.15) is 24.1 Å². The number of carboxylic acid groups (broad SMARTS) is 1. The first-order valence-corrected chi connectivity index (χ1v) is 7.99. The van der Waals surface area contributed by atoms with Crippen LogP contribution in [0.25, 0.3) is 5.82 Å². The number of hydrogen-bond donors (Lipinski definition) is 2. The topological polar surface area (TPSA) is 97.1 Å². The Bertz CT molecular complexity index is 783. The molecule has 7 nitrogen and oxygen atoms in total. The molecular weight excluding hydrogens is 332 g/mol. The van der Waals surface area contributed by atoms with Crippen LogP contribution in [0, 0.1) is 18.8 Å². The predicted molar refractivity (Wildman–Crippen MR) is 86.8 cm³/mol. The minimum absolute atomic E-state index is 0.127. The Morgan fingerprint density at radius 3 is 2.75 bits per heavy atom. The van der Waals surface area contributed by atoms with E-state index in [4.69, 9.17) is 16.7 Å². The second kappa shape index (κ2) is 6.60. The molecule has 2 N–H and O–H groups in total. The van der Waals surface area contributed by atoms with Gasteiger partial charge in [0, 0.05) is 23.7 Å². The van der Waals surface area contributed by atoms with Gasteiger partial charge in [-0.15, -0.1) is 0 Å². The smallest absolute Gasteiger partial charge is 0.306 e. The van der Waals surface area contributed by atoms with Gasteiger partial charge in [-0.2, -0.15) is 5.10 Å². The molecule has 0 radical (unpaired) electrons. The summed E-state index contributed by atoms with van der Waals surface area (Å²) in [4.78, 5) is 27.4. The molecule has 1 fully saturated rings. The summed E-state index contributed by atoms with van der Waals surface area (Å²) in [5.41, 5.74) is 1.64. The van der Waals surface area contributed by atoms with Crippen LogP contribution in [0.5, 0.6) is 0 Å². The molecule has 0 unspecified atom stereocenters. The Labute approximate surface area is 143 Å². The molecule has 2 heterocycles. The first-order chi connectivity index (χ1) is 11.4. The van der Waals surface area contributed by atoms with Gasteiger partial charge in [0.05, 0.1) is 23.3 Å². The number of pyridine rings is 1. The van der Waals surface area contributed by atoms with Crippen molar-refractivity contribution in [2.45, 2.75) is 26.3 Å². The average molecular weight is 349 g/mol. The van der Waals surface area contributed by atoms with Crippen LogP contribution in [0.4, 0.5) is 0 Å². The van der Waals surface area contributed by atoms with E-state index in [1.165, 1.54) is 6.20 Å². The van der Waals surface area contributed by atoms with E-state index in [2.05, 4.69) is 15.4 Å². The molecule has 1 saturated carbocycles. The van der Waals surface area contributed by atoms with Gasteiger partial charge in [0.2, 0.25) is 5.91 Å². The van der Waals surface area contributed by atoms with Crippen molar-refractivity contribution in [2.75, 3.05) is 0 Å². The minimum Gasteiger partial charge on any atom is -0.481 e. The Hall–Kier alpha value is -2.41. The monoisotopic (exact) mass is 348 g/mol. The molecular formula is C16H17ClN4O3. The molecule has 2 aromatic rings. The highest BCUT2D eigenvalue weighted by Gasteiger charge is 2.38. The second-order valence-electron chi connectivity index (χ2n) is 5.96. The number of nitrogens with zero attached hydrogens (tertiary/aromatic N) is 3. The highest BCUT2D eigenvalue weighted by atomic mass is 35.5. The average Bonchev–Trinajstić information content (AvgIpc) is 2.90. The summed E-state index contributed by atoms with van der Waals surface area (Å²) in [7, 11) is 0. The molecule has 0 atom stereocenters. The number of halogens is 1. The number of hydrogen-bond acceptors (Lipinski definition) is 4. The van der Waals surface area contributed by atoms with Crippen LogP contribution < -0.4 is 5.32 Å². The molecule has 8 heteroatoms. The third-order valence-electron chi connectivity index (χ3n) is 4.17. The lowest BCUT2D eigenvalue weighted by Crippen LogP contribution is -2.41. The summed E-state index contributed by atoms with van der Waals surface area (Å²) < 4.78 is 1.57. The minimum atomic E-state index is -0.834. The summed E-state index contributed by atoms with van der Waals surface area (Å²) in [5.74, 6) is -0.980. The normalized spacial score (nSPS) is 19.6. The van der Waals surface area contributed by atoms with Crippen molar-refractivity contribution in [1.82, 2.24) is 20.1 Å². The van der Waals surface area contributed by atoms with E-state index in [0.717, 1.165) is 11.3 Å². The first kappa shape index (κ1) is 16.4. The highest BCUT2D eigenvalue weighted by Crippen LogP contribution is 2.33. The van der Waals surface area contributed by atoms with Gasteiger partial charge < -0.3 is 10.4 Å². The van der Waals surface area contributed by atoms with Gasteiger partial charge in [0.1, 0.15) is 0 Å². The zero-order chi connectivity index (χ0) is 17.3. The number of aromatic nitrogens is 3. The van der Waals surface area contributed by atoms with Gasteiger partial charge in [-0.05, 0) is 25.8 Å². The molecule has 0 aromatic carbocycles. The van der Waals surface area contributed by atoms with Gasteiger partial charge in [0.15, 0.2) is 5.82 Å². The van der Waals surface area contributed by atoms with E-state index in [9.17, 15) is 9.59 Å². The van der Waals surface area contributed by atoms with Crippen LogP contribution in [0.3, 0.4) is 0 Å². The van der Waals surface area contributed by atoms with Gasteiger partial charge in [-0.1, -0.05) is 17.7 Å². The Balaban J connectivity index is 1.67. The number of carbonyl (C=O) groups is 2. The van der Waals surface area contributed by atoms with Crippen molar-refractivity contribution in [2.24, 2.45) is 11.8 Å².